The lowest BCUT2D eigenvalue weighted by molar-refractivity contribution is -0.143. The zero-order valence-electron chi connectivity index (χ0n) is 13.6. The number of benzene rings is 1. The van der Waals surface area contributed by atoms with Crippen molar-refractivity contribution in [2.45, 2.75) is 51.2 Å². The first-order valence-corrected chi connectivity index (χ1v) is 8.36. The van der Waals surface area contributed by atoms with Gasteiger partial charge in [0, 0.05) is 12.6 Å². The van der Waals surface area contributed by atoms with Crippen LogP contribution in [0.25, 0.3) is 0 Å². The maximum atomic E-state index is 12.7. The maximum Gasteiger partial charge on any atom is 0.320 e. The highest BCUT2D eigenvalue weighted by Gasteiger charge is 2.36. The Kier molecular flexibility index (Phi) is 4.66. The summed E-state index contributed by atoms with van der Waals surface area (Å²) in [4.78, 5) is 27.7. The third-order valence-corrected chi connectivity index (χ3v) is 4.77. The molecule has 1 aromatic rings. The fourth-order valence-electron chi connectivity index (χ4n) is 3.26. The molecule has 1 saturated heterocycles. The van der Waals surface area contributed by atoms with Crippen molar-refractivity contribution < 1.29 is 14.7 Å². The number of hydrogen-bond acceptors (Lipinski definition) is 3. The van der Waals surface area contributed by atoms with E-state index in [4.69, 9.17) is 0 Å². The van der Waals surface area contributed by atoms with Gasteiger partial charge in [-0.25, -0.2) is 0 Å². The van der Waals surface area contributed by atoms with Gasteiger partial charge in [0.1, 0.15) is 6.04 Å². The van der Waals surface area contributed by atoms with Gasteiger partial charge in [0.15, 0.2) is 0 Å². The molecule has 2 aliphatic rings. The van der Waals surface area contributed by atoms with Gasteiger partial charge in [-0.3, -0.25) is 14.5 Å². The number of aryl methyl sites for hydroxylation is 1. The monoisotopic (exact) mass is 316 g/mol. The van der Waals surface area contributed by atoms with E-state index < -0.39 is 12.0 Å². The number of amides is 1. The molecule has 1 atom stereocenters. The number of carbonyl (C=O) groups is 2. The van der Waals surface area contributed by atoms with Crippen molar-refractivity contribution in [3.8, 4) is 0 Å². The number of carboxylic acids is 1. The third-order valence-electron chi connectivity index (χ3n) is 4.77. The van der Waals surface area contributed by atoms with Crippen LogP contribution in [0.1, 0.15) is 36.8 Å². The van der Waals surface area contributed by atoms with Gasteiger partial charge in [0.25, 0.3) is 0 Å². The van der Waals surface area contributed by atoms with Crippen LogP contribution in [0.3, 0.4) is 0 Å². The van der Waals surface area contributed by atoms with Gasteiger partial charge in [-0.15, -0.1) is 0 Å². The second-order valence-corrected chi connectivity index (χ2v) is 6.71. The van der Waals surface area contributed by atoms with Crippen LogP contribution in [0.15, 0.2) is 24.3 Å². The Morgan fingerprint density at radius 3 is 2.52 bits per heavy atom. The molecule has 1 heterocycles. The second-order valence-electron chi connectivity index (χ2n) is 6.71. The number of hydrogen-bond donors (Lipinski definition) is 1. The third kappa shape index (κ3) is 3.91. The molecule has 0 radical (unpaired) electrons. The Labute approximate surface area is 136 Å². The minimum atomic E-state index is -0.813. The molecular weight excluding hydrogens is 292 g/mol. The normalized spacial score (nSPS) is 21.3. The zero-order chi connectivity index (χ0) is 16.4. The van der Waals surface area contributed by atoms with E-state index in [-0.39, 0.29) is 12.5 Å². The summed E-state index contributed by atoms with van der Waals surface area (Å²) in [6, 6.07) is 8.08. The zero-order valence-corrected chi connectivity index (χ0v) is 13.6. The summed E-state index contributed by atoms with van der Waals surface area (Å²) in [5.41, 5.74) is 2.34. The largest absolute Gasteiger partial charge is 0.480 e. The van der Waals surface area contributed by atoms with Crippen molar-refractivity contribution in [1.29, 1.82) is 0 Å². The lowest BCUT2D eigenvalue weighted by Gasteiger charge is -2.27. The molecule has 2 fully saturated rings. The highest BCUT2D eigenvalue weighted by molar-refractivity contribution is 5.80. The van der Waals surface area contributed by atoms with Crippen LogP contribution in [-0.2, 0) is 16.1 Å². The number of aliphatic carboxylic acids is 1. The van der Waals surface area contributed by atoms with E-state index in [0.29, 0.717) is 25.6 Å². The number of nitrogens with zero attached hydrogens (tertiary/aromatic N) is 2. The van der Waals surface area contributed by atoms with Gasteiger partial charge in [0.2, 0.25) is 5.91 Å². The van der Waals surface area contributed by atoms with E-state index in [9.17, 15) is 14.7 Å². The predicted molar refractivity (Wildman–Crippen MR) is 87.0 cm³/mol. The minimum Gasteiger partial charge on any atom is -0.480 e. The molecule has 5 nitrogen and oxygen atoms in total. The van der Waals surface area contributed by atoms with Crippen molar-refractivity contribution in [3.63, 3.8) is 0 Å². The van der Waals surface area contributed by atoms with Crippen LogP contribution in [0.2, 0.25) is 0 Å². The van der Waals surface area contributed by atoms with Crippen LogP contribution in [0, 0.1) is 6.92 Å². The average Bonchev–Trinajstić information content (AvgIpc) is 3.25. The Morgan fingerprint density at radius 1 is 1.22 bits per heavy atom. The van der Waals surface area contributed by atoms with Crippen molar-refractivity contribution in [2.24, 2.45) is 0 Å². The Hall–Kier alpha value is -1.88. The van der Waals surface area contributed by atoms with E-state index in [0.717, 1.165) is 24.8 Å². The maximum absolute atomic E-state index is 12.7. The molecule has 0 aromatic heterocycles. The summed E-state index contributed by atoms with van der Waals surface area (Å²) in [7, 11) is 0. The topological polar surface area (TPSA) is 60.9 Å². The van der Waals surface area contributed by atoms with Gasteiger partial charge >= 0.3 is 5.97 Å². The van der Waals surface area contributed by atoms with Crippen molar-refractivity contribution in [2.75, 3.05) is 13.1 Å². The van der Waals surface area contributed by atoms with E-state index in [2.05, 4.69) is 24.3 Å². The van der Waals surface area contributed by atoms with Crippen LogP contribution in [-0.4, -0.2) is 52.0 Å². The number of carboxylic acid groups (broad SMARTS) is 1. The van der Waals surface area contributed by atoms with E-state index >= 15 is 0 Å². The van der Waals surface area contributed by atoms with Gasteiger partial charge in [-0.1, -0.05) is 29.8 Å². The SMILES string of the molecule is Cc1ccc(CN(C(=O)CN2CCC[C@@H]2C(=O)O)C2CC2)cc1. The molecule has 1 N–H and O–H groups in total. The molecule has 1 aromatic carbocycles. The Morgan fingerprint density at radius 2 is 1.91 bits per heavy atom. The fourth-order valence-corrected chi connectivity index (χ4v) is 3.26. The van der Waals surface area contributed by atoms with Gasteiger partial charge < -0.3 is 10.0 Å². The summed E-state index contributed by atoms with van der Waals surface area (Å²) >= 11 is 0. The summed E-state index contributed by atoms with van der Waals surface area (Å²) in [5.74, 6) is -0.756. The molecule has 5 heteroatoms. The van der Waals surface area contributed by atoms with Crippen LogP contribution >= 0.6 is 0 Å². The van der Waals surface area contributed by atoms with Crippen LogP contribution in [0.4, 0.5) is 0 Å². The highest BCUT2D eigenvalue weighted by atomic mass is 16.4. The van der Waals surface area contributed by atoms with Crippen molar-refractivity contribution in [3.05, 3.63) is 35.4 Å². The number of rotatable bonds is 6. The molecule has 1 aliphatic carbocycles. The molecule has 23 heavy (non-hydrogen) atoms. The van der Waals surface area contributed by atoms with E-state index in [1.807, 2.05) is 16.7 Å². The molecule has 0 bridgehead atoms. The molecule has 124 valence electrons. The fraction of sp³-hybridized carbons (Fsp3) is 0.556. The minimum absolute atomic E-state index is 0.0567. The van der Waals surface area contributed by atoms with E-state index in [1.165, 1.54) is 5.56 Å². The average molecular weight is 316 g/mol. The number of likely N-dealkylation sites (tertiary alicyclic amines) is 1. The first kappa shape index (κ1) is 16.0. The summed E-state index contributed by atoms with van der Waals surface area (Å²) in [6.07, 6.45) is 3.61. The smallest absolute Gasteiger partial charge is 0.320 e. The van der Waals surface area contributed by atoms with Crippen molar-refractivity contribution >= 4 is 11.9 Å². The first-order chi connectivity index (χ1) is 11.0. The Balaban J connectivity index is 1.65. The molecule has 0 unspecified atom stereocenters. The first-order valence-electron chi connectivity index (χ1n) is 8.36. The second kappa shape index (κ2) is 6.71. The quantitative estimate of drug-likeness (QED) is 0.872. The summed E-state index contributed by atoms with van der Waals surface area (Å²) < 4.78 is 0. The molecule has 0 spiro atoms. The van der Waals surface area contributed by atoms with Gasteiger partial charge in [-0.05, 0) is 44.7 Å². The van der Waals surface area contributed by atoms with Crippen LogP contribution in [0.5, 0.6) is 0 Å². The van der Waals surface area contributed by atoms with E-state index in [1.54, 1.807) is 0 Å². The number of carbonyl (C=O) groups excluding carboxylic acids is 1. The van der Waals surface area contributed by atoms with Gasteiger partial charge in [0.05, 0.1) is 6.54 Å². The summed E-state index contributed by atoms with van der Waals surface area (Å²) in [5, 5.41) is 9.25. The summed E-state index contributed by atoms with van der Waals surface area (Å²) in [6.45, 7) is 3.59. The molecule has 1 aliphatic heterocycles. The standard InChI is InChI=1S/C18H24N2O3/c1-13-4-6-14(7-5-13)11-20(15-8-9-15)17(21)12-19-10-2-3-16(19)18(22)23/h4-7,15-16H,2-3,8-12H2,1H3,(H,22,23)/t16-/m1/s1. The lowest BCUT2D eigenvalue weighted by Crippen LogP contribution is -2.45. The van der Waals surface area contributed by atoms with Gasteiger partial charge in [-0.2, -0.15) is 0 Å². The van der Waals surface area contributed by atoms with Crippen molar-refractivity contribution in [1.82, 2.24) is 9.80 Å². The molecule has 1 saturated carbocycles. The lowest BCUT2D eigenvalue weighted by atomic mass is 10.1. The predicted octanol–water partition coefficient (Wildman–Crippen LogP) is 2.04. The molecular formula is C18H24N2O3. The molecule has 3 rings (SSSR count). The van der Waals surface area contributed by atoms with Crippen LogP contribution < -0.4 is 0 Å². The molecule has 1 amide bonds. The highest BCUT2D eigenvalue weighted by Crippen LogP contribution is 2.29. The Bertz CT molecular complexity index is 580.